The number of esters is 3. The van der Waals surface area contributed by atoms with Crippen molar-refractivity contribution in [2.24, 2.45) is 17.8 Å². The summed E-state index contributed by atoms with van der Waals surface area (Å²) in [5, 5.41) is 0. The number of carbonyl (C=O) groups is 3. The zero-order valence-corrected chi connectivity index (χ0v) is 44.1. The van der Waals surface area contributed by atoms with Crippen LogP contribution in [0.2, 0.25) is 0 Å². The Morgan fingerprint density at radius 2 is 0.547 bits per heavy atom. The van der Waals surface area contributed by atoms with E-state index in [9.17, 15) is 14.4 Å². The molecule has 0 aliphatic heterocycles. The van der Waals surface area contributed by atoms with Crippen LogP contribution in [0.5, 0.6) is 0 Å². The summed E-state index contributed by atoms with van der Waals surface area (Å²) < 4.78 is 16.9. The van der Waals surface area contributed by atoms with Crippen molar-refractivity contribution in [1.82, 2.24) is 0 Å². The minimum absolute atomic E-state index is 0.0638. The van der Waals surface area contributed by atoms with Crippen LogP contribution in [0.1, 0.15) is 318 Å². The molecule has 0 radical (unpaired) electrons. The molecule has 0 bridgehead atoms. The predicted octanol–water partition coefficient (Wildman–Crippen LogP) is 18.7. The van der Waals surface area contributed by atoms with Crippen LogP contribution in [-0.2, 0) is 28.6 Å². The summed E-state index contributed by atoms with van der Waals surface area (Å²) in [6, 6.07) is 0. The lowest BCUT2D eigenvalue weighted by atomic mass is 9.99. The van der Waals surface area contributed by atoms with Crippen LogP contribution in [0.15, 0.2) is 0 Å². The highest BCUT2D eigenvalue weighted by atomic mass is 16.6. The van der Waals surface area contributed by atoms with Crippen molar-refractivity contribution in [3.63, 3.8) is 0 Å². The number of unbranched alkanes of at least 4 members (excludes halogenated alkanes) is 33. The van der Waals surface area contributed by atoms with Gasteiger partial charge in [-0.05, 0) is 37.0 Å². The summed E-state index contributed by atoms with van der Waals surface area (Å²) >= 11 is 0. The summed E-state index contributed by atoms with van der Waals surface area (Å²) in [7, 11) is 0. The summed E-state index contributed by atoms with van der Waals surface area (Å²) in [5.74, 6) is 1.69. The lowest BCUT2D eigenvalue weighted by molar-refractivity contribution is -0.167. The number of hydrogen-bond acceptors (Lipinski definition) is 6. The first-order chi connectivity index (χ1) is 31.1. The predicted molar refractivity (Wildman–Crippen MR) is 275 cm³/mol. The molecule has 0 aromatic carbocycles. The monoisotopic (exact) mass is 905 g/mol. The molecular formula is C58H112O6. The van der Waals surface area contributed by atoms with Gasteiger partial charge in [-0.15, -0.1) is 0 Å². The Kier molecular flexibility index (Phi) is 48.1. The Balaban J connectivity index is 4.30. The second kappa shape index (κ2) is 49.3. The molecule has 0 aromatic rings. The molecule has 0 saturated heterocycles. The van der Waals surface area contributed by atoms with Gasteiger partial charge in [0.2, 0.25) is 0 Å². The van der Waals surface area contributed by atoms with E-state index in [1.54, 1.807) is 0 Å². The summed E-state index contributed by atoms with van der Waals surface area (Å²) in [6.07, 6.45) is 50.9. The van der Waals surface area contributed by atoms with Crippen LogP contribution in [-0.4, -0.2) is 37.2 Å². The summed E-state index contributed by atoms with van der Waals surface area (Å²) in [6.45, 7) is 13.8. The highest BCUT2D eigenvalue weighted by Gasteiger charge is 2.19. The van der Waals surface area contributed by atoms with Crippen LogP contribution < -0.4 is 0 Å². The molecule has 0 aliphatic rings. The quantitative estimate of drug-likeness (QED) is 0.0344. The molecular weight excluding hydrogens is 793 g/mol. The SMILES string of the molecule is CCC(C)CCCCCCCCCCC(=O)OC[C@H](COC(=O)CCCCCCCCCCCCCCCCC(C)C)OC(=O)CCCCCCCCCCCCCCCCC(C)C. The molecule has 6 heteroatoms. The third-order valence-corrected chi connectivity index (χ3v) is 13.5. The second-order valence-corrected chi connectivity index (χ2v) is 21.1. The Bertz CT molecular complexity index is 993. The largest absolute Gasteiger partial charge is 0.462 e. The van der Waals surface area contributed by atoms with Gasteiger partial charge < -0.3 is 14.2 Å². The smallest absolute Gasteiger partial charge is 0.306 e. The van der Waals surface area contributed by atoms with Gasteiger partial charge in [-0.3, -0.25) is 14.4 Å². The van der Waals surface area contributed by atoms with E-state index in [1.165, 1.54) is 199 Å². The number of hydrogen-bond donors (Lipinski definition) is 0. The van der Waals surface area contributed by atoms with Crippen LogP contribution >= 0.6 is 0 Å². The van der Waals surface area contributed by atoms with Gasteiger partial charge in [-0.2, -0.15) is 0 Å². The van der Waals surface area contributed by atoms with Gasteiger partial charge >= 0.3 is 17.9 Å². The molecule has 0 saturated carbocycles. The van der Waals surface area contributed by atoms with Crippen molar-refractivity contribution in [2.45, 2.75) is 324 Å². The first kappa shape index (κ1) is 62.4. The average molecular weight is 906 g/mol. The minimum Gasteiger partial charge on any atom is -0.462 e. The van der Waals surface area contributed by atoms with E-state index in [0.29, 0.717) is 19.3 Å². The topological polar surface area (TPSA) is 78.9 Å². The summed E-state index contributed by atoms with van der Waals surface area (Å²) in [4.78, 5) is 38.1. The van der Waals surface area contributed by atoms with Crippen molar-refractivity contribution < 1.29 is 28.6 Å². The Morgan fingerprint density at radius 3 is 0.812 bits per heavy atom. The van der Waals surface area contributed by atoms with Gasteiger partial charge in [0.25, 0.3) is 0 Å². The minimum atomic E-state index is -0.764. The first-order valence-corrected chi connectivity index (χ1v) is 28.6. The zero-order valence-electron chi connectivity index (χ0n) is 44.1. The van der Waals surface area contributed by atoms with Crippen LogP contribution in [0.3, 0.4) is 0 Å². The molecule has 64 heavy (non-hydrogen) atoms. The third kappa shape index (κ3) is 49.8. The highest BCUT2D eigenvalue weighted by Crippen LogP contribution is 2.19. The molecule has 6 nitrogen and oxygen atoms in total. The van der Waals surface area contributed by atoms with Crippen molar-refractivity contribution in [3.8, 4) is 0 Å². The van der Waals surface area contributed by atoms with Gasteiger partial charge in [-0.25, -0.2) is 0 Å². The van der Waals surface area contributed by atoms with Crippen molar-refractivity contribution in [1.29, 1.82) is 0 Å². The van der Waals surface area contributed by atoms with E-state index in [1.807, 2.05) is 0 Å². The van der Waals surface area contributed by atoms with Gasteiger partial charge in [0, 0.05) is 19.3 Å². The Hall–Kier alpha value is -1.59. The van der Waals surface area contributed by atoms with E-state index in [0.717, 1.165) is 75.5 Å². The zero-order chi connectivity index (χ0) is 47.0. The Labute approximate surface area is 399 Å². The molecule has 0 amide bonds. The first-order valence-electron chi connectivity index (χ1n) is 28.6. The molecule has 0 N–H and O–H groups in total. The number of rotatable bonds is 51. The van der Waals surface area contributed by atoms with Crippen LogP contribution in [0.25, 0.3) is 0 Å². The molecule has 2 atom stereocenters. The summed E-state index contributed by atoms with van der Waals surface area (Å²) in [5.41, 5.74) is 0. The molecule has 0 aromatic heterocycles. The fourth-order valence-corrected chi connectivity index (χ4v) is 8.79. The van der Waals surface area contributed by atoms with Gasteiger partial charge in [0.15, 0.2) is 6.10 Å². The molecule has 0 fully saturated rings. The van der Waals surface area contributed by atoms with E-state index in [2.05, 4.69) is 41.5 Å². The van der Waals surface area contributed by atoms with E-state index in [4.69, 9.17) is 14.2 Å². The lowest BCUT2D eigenvalue weighted by Gasteiger charge is -2.18. The van der Waals surface area contributed by atoms with Crippen LogP contribution in [0.4, 0.5) is 0 Å². The molecule has 380 valence electrons. The van der Waals surface area contributed by atoms with E-state index >= 15 is 0 Å². The number of ether oxygens (including phenoxy) is 3. The maximum atomic E-state index is 12.8. The highest BCUT2D eigenvalue weighted by molar-refractivity contribution is 5.71. The molecule has 0 spiro atoms. The fourth-order valence-electron chi connectivity index (χ4n) is 8.79. The second-order valence-electron chi connectivity index (χ2n) is 21.1. The molecule has 0 rings (SSSR count). The molecule has 1 unspecified atom stereocenters. The average Bonchev–Trinajstić information content (AvgIpc) is 3.27. The van der Waals surface area contributed by atoms with Gasteiger partial charge in [0.05, 0.1) is 0 Å². The molecule has 0 heterocycles. The van der Waals surface area contributed by atoms with Crippen LogP contribution in [0, 0.1) is 17.8 Å². The number of carbonyl (C=O) groups excluding carboxylic acids is 3. The van der Waals surface area contributed by atoms with E-state index < -0.39 is 6.10 Å². The van der Waals surface area contributed by atoms with Crippen molar-refractivity contribution in [3.05, 3.63) is 0 Å². The van der Waals surface area contributed by atoms with E-state index in [-0.39, 0.29) is 31.1 Å². The normalized spacial score (nSPS) is 12.6. The molecule has 0 aliphatic carbocycles. The van der Waals surface area contributed by atoms with Gasteiger partial charge in [-0.1, -0.05) is 279 Å². The maximum Gasteiger partial charge on any atom is 0.306 e. The van der Waals surface area contributed by atoms with Gasteiger partial charge in [0.1, 0.15) is 13.2 Å². The lowest BCUT2D eigenvalue weighted by Crippen LogP contribution is -2.30. The van der Waals surface area contributed by atoms with Crippen molar-refractivity contribution >= 4 is 17.9 Å². The Morgan fingerprint density at radius 1 is 0.312 bits per heavy atom. The maximum absolute atomic E-state index is 12.8. The third-order valence-electron chi connectivity index (χ3n) is 13.5. The standard InChI is InChI=1S/C58H112O6/c1-7-54(6)46-40-34-28-24-25-30-36-42-48-57(60)63-51-55(64-58(61)49-43-37-31-23-19-15-11-9-13-17-21-27-33-39-45-53(4)5)50-62-56(59)47-41-35-29-22-18-14-10-8-12-16-20-26-32-38-44-52(2)3/h52-55H,7-51H2,1-6H3/t54?,55-/m0/s1. The fraction of sp³-hybridized carbons (Fsp3) is 0.948. The van der Waals surface area contributed by atoms with Crippen molar-refractivity contribution in [2.75, 3.05) is 13.2 Å².